The third-order valence-electron chi connectivity index (χ3n) is 2.76. The molecule has 2 aromatic rings. The molecule has 0 radical (unpaired) electrons. The molecule has 0 amide bonds. The van der Waals surface area contributed by atoms with Crippen LogP contribution in [0, 0.1) is 6.92 Å². The second-order valence-corrected chi connectivity index (χ2v) is 4.27. The zero-order valence-corrected chi connectivity index (χ0v) is 10.2. The fourth-order valence-corrected chi connectivity index (χ4v) is 1.87. The van der Waals surface area contributed by atoms with Crippen molar-refractivity contribution in [2.75, 3.05) is 17.7 Å². The predicted octanol–water partition coefficient (Wildman–Crippen LogP) is 2.61. The second kappa shape index (κ2) is 4.87. The Hall–Kier alpha value is -2.03. The Bertz CT molecular complexity index is 494. The van der Waals surface area contributed by atoms with E-state index in [0.717, 1.165) is 17.9 Å². The summed E-state index contributed by atoms with van der Waals surface area (Å²) >= 11 is 0. The normalized spacial score (nSPS) is 10.2. The van der Waals surface area contributed by atoms with Gasteiger partial charge < -0.3 is 10.6 Å². The maximum Gasteiger partial charge on any atom is 0.0600 e. The molecule has 2 N–H and O–H groups in total. The minimum atomic E-state index is 0.821. The summed E-state index contributed by atoms with van der Waals surface area (Å²) in [4.78, 5) is 6.15. The van der Waals surface area contributed by atoms with Crippen molar-refractivity contribution in [3.05, 3.63) is 53.9 Å². The summed E-state index contributed by atoms with van der Waals surface area (Å²) in [5.41, 5.74) is 10.3. The Morgan fingerprint density at radius 2 is 1.88 bits per heavy atom. The van der Waals surface area contributed by atoms with Gasteiger partial charge >= 0.3 is 0 Å². The predicted molar refractivity (Wildman–Crippen MR) is 71.9 cm³/mol. The van der Waals surface area contributed by atoms with Gasteiger partial charge in [0.2, 0.25) is 0 Å². The van der Waals surface area contributed by atoms with Crippen molar-refractivity contribution in [3.63, 3.8) is 0 Å². The van der Waals surface area contributed by atoms with Crippen molar-refractivity contribution >= 4 is 11.4 Å². The van der Waals surface area contributed by atoms with E-state index in [1.807, 2.05) is 44.6 Å². The highest BCUT2D eigenvalue weighted by atomic mass is 15.1. The molecule has 0 atom stereocenters. The number of anilines is 2. The molecule has 88 valence electrons. The van der Waals surface area contributed by atoms with Crippen molar-refractivity contribution < 1.29 is 0 Å². The highest BCUT2D eigenvalue weighted by Crippen LogP contribution is 2.24. The third kappa shape index (κ3) is 2.75. The van der Waals surface area contributed by atoms with E-state index in [4.69, 9.17) is 5.73 Å². The molecule has 0 aliphatic carbocycles. The fraction of sp³-hybridized carbons (Fsp3) is 0.214. The van der Waals surface area contributed by atoms with Crippen molar-refractivity contribution in [2.45, 2.75) is 13.5 Å². The molecule has 0 aliphatic rings. The van der Waals surface area contributed by atoms with Crippen molar-refractivity contribution in [1.29, 1.82) is 0 Å². The SMILES string of the molecule is Cc1ccc(N(C)Cc2ccncc2)c(N)c1. The van der Waals surface area contributed by atoms with Gasteiger partial charge in [0.15, 0.2) is 0 Å². The highest BCUT2D eigenvalue weighted by Gasteiger charge is 2.05. The van der Waals surface area contributed by atoms with Crippen LogP contribution < -0.4 is 10.6 Å². The van der Waals surface area contributed by atoms with Crippen LogP contribution in [0.25, 0.3) is 0 Å². The van der Waals surface area contributed by atoms with E-state index in [9.17, 15) is 0 Å². The van der Waals surface area contributed by atoms with Crippen LogP contribution in [0.5, 0.6) is 0 Å². The highest BCUT2D eigenvalue weighted by molar-refractivity contribution is 5.68. The molecule has 0 saturated heterocycles. The maximum atomic E-state index is 6.02. The molecular formula is C14H17N3. The Morgan fingerprint density at radius 1 is 1.18 bits per heavy atom. The number of hydrogen-bond acceptors (Lipinski definition) is 3. The van der Waals surface area contributed by atoms with E-state index in [2.05, 4.69) is 22.0 Å². The molecule has 0 saturated carbocycles. The van der Waals surface area contributed by atoms with E-state index in [1.165, 1.54) is 11.1 Å². The summed E-state index contributed by atoms with van der Waals surface area (Å²) in [5, 5.41) is 0. The Labute approximate surface area is 102 Å². The summed E-state index contributed by atoms with van der Waals surface area (Å²) in [6.07, 6.45) is 3.61. The van der Waals surface area contributed by atoms with Crippen LogP contribution in [-0.2, 0) is 6.54 Å². The summed E-state index contributed by atoms with van der Waals surface area (Å²) in [6.45, 7) is 2.87. The largest absolute Gasteiger partial charge is 0.397 e. The molecule has 0 fully saturated rings. The molecule has 2 rings (SSSR count). The number of nitrogens with zero attached hydrogens (tertiary/aromatic N) is 2. The van der Waals surface area contributed by atoms with Crippen LogP contribution in [0.3, 0.4) is 0 Å². The summed E-state index contributed by atoms with van der Waals surface area (Å²) in [7, 11) is 2.04. The van der Waals surface area contributed by atoms with Gasteiger partial charge in [-0.1, -0.05) is 6.07 Å². The Kier molecular flexibility index (Phi) is 3.28. The Balaban J connectivity index is 2.17. The zero-order valence-electron chi connectivity index (χ0n) is 10.2. The minimum absolute atomic E-state index is 0.821. The first kappa shape index (κ1) is 11.5. The van der Waals surface area contributed by atoms with Crippen molar-refractivity contribution in [3.8, 4) is 0 Å². The van der Waals surface area contributed by atoms with Gasteiger partial charge in [0.05, 0.1) is 11.4 Å². The zero-order chi connectivity index (χ0) is 12.3. The Morgan fingerprint density at radius 3 is 2.53 bits per heavy atom. The van der Waals surface area contributed by atoms with E-state index < -0.39 is 0 Å². The van der Waals surface area contributed by atoms with Crippen LogP contribution in [0.1, 0.15) is 11.1 Å². The van der Waals surface area contributed by atoms with E-state index >= 15 is 0 Å². The maximum absolute atomic E-state index is 6.02. The topological polar surface area (TPSA) is 42.2 Å². The molecule has 1 aromatic heterocycles. The minimum Gasteiger partial charge on any atom is -0.397 e. The van der Waals surface area contributed by atoms with Gasteiger partial charge in [0.25, 0.3) is 0 Å². The lowest BCUT2D eigenvalue weighted by Gasteiger charge is -2.21. The average molecular weight is 227 g/mol. The number of nitrogen functional groups attached to an aromatic ring is 1. The quantitative estimate of drug-likeness (QED) is 0.819. The number of nitrogens with two attached hydrogens (primary N) is 1. The van der Waals surface area contributed by atoms with Gasteiger partial charge in [-0.3, -0.25) is 4.98 Å². The molecular weight excluding hydrogens is 210 g/mol. The van der Waals surface area contributed by atoms with Gasteiger partial charge in [-0.05, 0) is 42.3 Å². The van der Waals surface area contributed by atoms with Crippen LogP contribution in [0.4, 0.5) is 11.4 Å². The van der Waals surface area contributed by atoms with Crippen LogP contribution >= 0.6 is 0 Å². The first-order valence-electron chi connectivity index (χ1n) is 5.63. The van der Waals surface area contributed by atoms with E-state index in [1.54, 1.807) is 0 Å². The first-order valence-corrected chi connectivity index (χ1v) is 5.63. The van der Waals surface area contributed by atoms with Gasteiger partial charge in [0, 0.05) is 26.0 Å². The molecule has 3 heteroatoms. The number of aryl methyl sites for hydroxylation is 1. The van der Waals surface area contributed by atoms with E-state index in [-0.39, 0.29) is 0 Å². The van der Waals surface area contributed by atoms with Crippen molar-refractivity contribution in [1.82, 2.24) is 4.98 Å². The van der Waals surface area contributed by atoms with Crippen LogP contribution in [0.15, 0.2) is 42.7 Å². The molecule has 0 unspecified atom stereocenters. The van der Waals surface area contributed by atoms with Gasteiger partial charge in [-0.15, -0.1) is 0 Å². The standard InChI is InChI=1S/C14H17N3/c1-11-3-4-14(13(15)9-11)17(2)10-12-5-7-16-8-6-12/h3-9H,10,15H2,1-2H3. The summed E-state index contributed by atoms with van der Waals surface area (Å²) < 4.78 is 0. The first-order chi connectivity index (χ1) is 8.16. The van der Waals surface area contributed by atoms with E-state index in [0.29, 0.717) is 0 Å². The molecule has 0 bridgehead atoms. The number of benzene rings is 1. The number of rotatable bonds is 3. The number of aromatic nitrogens is 1. The van der Waals surface area contributed by atoms with Gasteiger partial charge in [0.1, 0.15) is 0 Å². The van der Waals surface area contributed by atoms with Crippen LogP contribution in [0.2, 0.25) is 0 Å². The summed E-state index contributed by atoms with van der Waals surface area (Å²) in [6, 6.07) is 10.2. The molecule has 1 heterocycles. The number of pyridine rings is 1. The fourth-order valence-electron chi connectivity index (χ4n) is 1.87. The molecule has 0 spiro atoms. The molecule has 3 nitrogen and oxygen atoms in total. The lowest BCUT2D eigenvalue weighted by molar-refractivity contribution is 0.921. The molecule has 0 aliphatic heterocycles. The molecule has 17 heavy (non-hydrogen) atoms. The second-order valence-electron chi connectivity index (χ2n) is 4.27. The third-order valence-corrected chi connectivity index (χ3v) is 2.76. The molecule has 1 aromatic carbocycles. The van der Waals surface area contributed by atoms with Gasteiger partial charge in [-0.2, -0.15) is 0 Å². The smallest absolute Gasteiger partial charge is 0.0600 e. The monoisotopic (exact) mass is 227 g/mol. The van der Waals surface area contributed by atoms with Gasteiger partial charge in [-0.25, -0.2) is 0 Å². The lowest BCUT2D eigenvalue weighted by atomic mass is 10.1. The summed E-state index contributed by atoms with van der Waals surface area (Å²) in [5.74, 6) is 0. The van der Waals surface area contributed by atoms with Crippen LogP contribution in [-0.4, -0.2) is 12.0 Å². The number of hydrogen-bond donors (Lipinski definition) is 1. The average Bonchev–Trinajstić information content (AvgIpc) is 2.30. The lowest BCUT2D eigenvalue weighted by Crippen LogP contribution is -2.17. The van der Waals surface area contributed by atoms with Crippen molar-refractivity contribution in [2.24, 2.45) is 0 Å².